The molecule has 198 valence electrons. The fourth-order valence-electron chi connectivity index (χ4n) is 4.12. The van der Waals surface area contributed by atoms with Crippen molar-refractivity contribution in [2.45, 2.75) is 20.3 Å². The van der Waals surface area contributed by atoms with Crippen LogP contribution >= 0.6 is 0 Å². The third-order valence-corrected chi connectivity index (χ3v) is 6.06. The normalized spacial score (nSPS) is 10.8. The molecule has 0 spiro atoms. The molecule has 9 heteroatoms. The molecule has 1 amide bonds. The van der Waals surface area contributed by atoms with E-state index < -0.39 is 11.9 Å². The molecular formula is C29H29FN2O6. The number of fused-ring (bicyclic) bond motifs is 1. The minimum absolute atomic E-state index is 0.141. The zero-order valence-electron chi connectivity index (χ0n) is 21.7. The van der Waals surface area contributed by atoms with Crippen LogP contribution in [0, 0.1) is 19.7 Å². The summed E-state index contributed by atoms with van der Waals surface area (Å²) < 4.78 is 36.3. The Morgan fingerprint density at radius 3 is 2.37 bits per heavy atom. The maximum absolute atomic E-state index is 13.8. The first kappa shape index (κ1) is 26.5. The predicted octanol–water partition coefficient (Wildman–Crippen LogP) is 6.75. The van der Waals surface area contributed by atoms with Gasteiger partial charge in [0.1, 0.15) is 11.5 Å². The molecule has 0 fully saturated rings. The summed E-state index contributed by atoms with van der Waals surface area (Å²) in [6.45, 7) is 4.03. The second-order valence-corrected chi connectivity index (χ2v) is 8.61. The molecule has 1 N–H and O–H groups in total. The molecule has 0 bridgehead atoms. The van der Waals surface area contributed by atoms with Crippen molar-refractivity contribution in [3.05, 3.63) is 77.7 Å². The van der Waals surface area contributed by atoms with Gasteiger partial charge in [-0.05, 0) is 67.8 Å². The molecule has 0 radical (unpaired) electrons. The van der Waals surface area contributed by atoms with Gasteiger partial charge in [0.25, 0.3) is 0 Å². The lowest BCUT2D eigenvalue weighted by Gasteiger charge is -2.23. The Balaban J connectivity index is 1.54. The number of para-hydroxylation sites is 1. The lowest BCUT2D eigenvalue weighted by Crippen LogP contribution is -2.31. The van der Waals surface area contributed by atoms with Crippen LogP contribution in [0.2, 0.25) is 0 Å². The van der Waals surface area contributed by atoms with Gasteiger partial charge in [-0.15, -0.1) is 0 Å². The molecule has 4 rings (SSSR count). The molecule has 38 heavy (non-hydrogen) atoms. The molecular weight excluding hydrogens is 491 g/mol. The van der Waals surface area contributed by atoms with Gasteiger partial charge in [-0.1, -0.05) is 12.1 Å². The maximum atomic E-state index is 13.8. The molecule has 1 aromatic heterocycles. The highest BCUT2D eigenvalue weighted by Gasteiger charge is 2.19. The Morgan fingerprint density at radius 2 is 1.66 bits per heavy atom. The highest BCUT2D eigenvalue weighted by atomic mass is 19.1. The number of carboxylic acid groups (broad SMARTS) is 1. The second-order valence-electron chi connectivity index (χ2n) is 8.61. The van der Waals surface area contributed by atoms with Crippen molar-refractivity contribution in [2.75, 3.05) is 32.3 Å². The molecule has 0 saturated carbocycles. The Hall–Kier alpha value is -4.53. The van der Waals surface area contributed by atoms with E-state index in [9.17, 15) is 14.3 Å². The SMILES string of the molecule is COc1cc2nccc(Oc3cc(C)c(N(CCCOc4ccccc4F)C(=O)O)cc3C)c2cc1OC. The summed E-state index contributed by atoms with van der Waals surface area (Å²) in [6, 6.07) is 15.1. The van der Waals surface area contributed by atoms with Crippen LogP contribution in [0.5, 0.6) is 28.7 Å². The number of aromatic nitrogens is 1. The van der Waals surface area contributed by atoms with Gasteiger partial charge in [-0.2, -0.15) is 0 Å². The minimum Gasteiger partial charge on any atom is -0.493 e. The zero-order chi connectivity index (χ0) is 27.2. The summed E-state index contributed by atoms with van der Waals surface area (Å²) in [6.07, 6.45) is 0.940. The van der Waals surface area contributed by atoms with Crippen LogP contribution in [0.3, 0.4) is 0 Å². The average Bonchev–Trinajstić information content (AvgIpc) is 2.91. The van der Waals surface area contributed by atoms with Gasteiger partial charge in [0.05, 0.1) is 32.0 Å². The molecule has 0 unspecified atom stereocenters. The Kier molecular flexibility index (Phi) is 8.15. The highest BCUT2D eigenvalue weighted by Crippen LogP contribution is 2.38. The predicted molar refractivity (Wildman–Crippen MR) is 143 cm³/mol. The van der Waals surface area contributed by atoms with Gasteiger partial charge in [0.15, 0.2) is 23.1 Å². The van der Waals surface area contributed by atoms with E-state index in [0.717, 1.165) is 16.5 Å². The van der Waals surface area contributed by atoms with Crippen molar-refractivity contribution in [3.8, 4) is 28.7 Å². The second kappa shape index (κ2) is 11.7. The lowest BCUT2D eigenvalue weighted by atomic mass is 10.1. The smallest absolute Gasteiger partial charge is 0.411 e. The third kappa shape index (κ3) is 5.72. The first-order chi connectivity index (χ1) is 18.3. The van der Waals surface area contributed by atoms with Crippen LogP contribution in [-0.4, -0.2) is 43.6 Å². The molecule has 3 aromatic carbocycles. The van der Waals surface area contributed by atoms with E-state index in [1.54, 1.807) is 50.7 Å². The summed E-state index contributed by atoms with van der Waals surface area (Å²) in [7, 11) is 3.13. The van der Waals surface area contributed by atoms with Gasteiger partial charge < -0.3 is 24.1 Å². The quantitative estimate of drug-likeness (QED) is 0.231. The molecule has 8 nitrogen and oxygen atoms in total. The zero-order valence-corrected chi connectivity index (χ0v) is 21.7. The number of amides is 1. The van der Waals surface area contributed by atoms with E-state index in [1.165, 1.54) is 17.0 Å². The number of methoxy groups -OCH3 is 2. The molecule has 0 saturated heterocycles. The van der Waals surface area contributed by atoms with Crippen molar-refractivity contribution in [3.63, 3.8) is 0 Å². The number of carbonyl (C=O) groups is 1. The van der Waals surface area contributed by atoms with Crippen LogP contribution < -0.4 is 23.8 Å². The number of benzene rings is 3. The number of aryl methyl sites for hydroxylation is 2. The Bertz CT molecular complexity index is 1460. The molecule has 4 aromatic rings. The third-order valence-electron chi connectivity index (χ3n) is 6.06. The largest absolute Gasteiger partial charge is 0.493 e. The van der Waals surface area contributed by atoms with Crippen LogP contribution in [0.1, 0.15) is 17.5 Å². The first-order valence-electron chi connectivity index (χ1n) is 12.0. The van der Waals surface area contributed by atoms with E-state index in [-0.39, 0.29) is 18.9 Å². The van der Waals surface area contributed by atoms with E-state index in [2.05, 4.69) is 4.98 Å². The number of hydrogen-bond acceptors (Lipinski definition) is 6. The van der Waals surface area contributed by atoms with Crippen LogP contribution in [-0.2, 0) is 0 Å². The fraction of sp³-hybridized carbons (Fsp3) is 0.241. The van der Waals surface area contributed by atoms with Crippen LogP contribution in [0.4, 0.5) is 14.9 Å². The maximum Gasteiger partial charge on any atom is 0.411 e. The minimum atomic E-state index is -1.09. The highest BCUT2D eigenvalue weighted by molar-refractivity contribution is 5.89. The summed E-state index contributed by atoms with van der Waals surface area (Å²) in [5.41, 5.74) is 2.70. The van der Waals surface area contributed by atoms with Crippen molar-refractivity contribution >= 4 is 22.7 Å². The van der Waals surface area contributed by atoms with E-state index in [1.807, 2.05) is 26.0 Å². The number of nitrogens with zero attached hydrogens (tertiary/aromatic N) is 2. The fourth-order valence-corrected chi connectivity index (χ4v) is 4.12. The first-order valence-corrected chi connectivity index (χ1v) is 12.0. The topological polar surface area (TPSA) is 90.4 Å². The monoisotopic (exact) mass is 520 g/mol. The van der Waals surface area contributed by atoms with E-state index in [0.29, 0.717) is 40.6 Å². The molecule has 0 atom stereocenters. The van der Waals surface area contributed by atoms with Crippen molar-refractivity contribution < 1.29 is 33.2 Å². The summed E-state index contributed by atoms with van der Waals surface area (Å²) in [4.78, 5) is 17.7. The van der Waals surface area contributed by atoms with E-state index >= 15 is 0 Å². The molecule has 0 aliphatic carbocycles. The van der Waals surface area contributed by atoms with Gasteiger partial charge in [-0.25, -0.2) is 9.18 Å². The van der Waals surface area contributed by atoms with Gasteiger partial charge in [-0.3, -0.25) is 9.88 Å². The average molecular weight is 521 g/mol. The summed E-state index contributed by atoms with van der Waals surface area (Å²) in [5.74, 6) is 1.96. The van der Waals surface area contributed by atoms with Crippen molar-refractivity contribution in [1.82, 2.24) is 4.98 Å². The number of rotatable bonds is 10. The molecule has 0 aliphatic heterocycles. The van der Waals surface area contributed by atoms with Crippen LogP contribution in [0.25, 0.3) is 10.9 Å². The standard InChI is InChI=1S/C29H29FN2O6/c1-18-15-26(38-24-10-11-31-22-17-28(36-4)27(35-3)16-20(22)24)19(2)14-23(18)32(29(33)34)12-7-13-37-25-9-6-5-8-21(25)30/h5-6,8-11,14-17H,7,12-13H2,1-4H3,(H,33,34). The number of ether oxygens (including phenoxy) is 4. The van der Waals surface area contributed by atoms with Gasteiger partial charge >= 0.3 is 6.09 Å². The number of anilines is 1. The van der Waals surface area contributed by atoms with Gasteiger partial charge in [0, 0.05) is 24.2 Å². The Morgan fingerprint density at radius 1 is 0.921 bits per heavy atom. The molecule has 0 aliphatic rings. The van der Waals surface area contributed by atoms with Crippen molar-refractivity contribution in [2.24, 2.45) is 0 Å². The lowest BCUT2D eigenvalue weighted by molar-refractivity contribution is 0.200. The summed E-state index contributed by atoms with van der Waals surface area (Å²) in [5, 5.41) is 10.6. The summed E-state index contributed by atoms with van der Waals surface area (Å²) >= 11 is 0. The van der Waals surface area contributed by atoms with Gasteiger partial charge in [0.2, 0.25) is 0 Å². The number of hydrogen-bond donors (Lipinski definition) is 1. The number of halogens is 1. The number of pyridine rings is 1. The molecule has 1 heterocycles. The Labute approximate surface area is 220 Å². The van der Waals surface area contributed by atoms with E-state index in [4.69, 9.17) is 18.9 Å². The van der Waals surface area contributed by atoms with Crippen molar-refractivity contribution in [1.29, 1.82) is 0 Å². The van der Waals surface area contributed by atoms with Crippen LogP contribution in [0.15, 0.2) is 60.8 Å².